The van der Waals surface area contributed by atoms with Crippen LogP contribution in [0, 0.1) is 10.1 Å². The van der Waals surface area contributed by atoms with E-state index in [2.05, 4.69) is 16.9 Å². The normalized spacial score (nSPS) is 19.5. The molecule has 1 unspecified atom stereocenters. The summed E-state index contributed by atoms with van der Waals surface area (Å²) in [5.41, 5.74) is 5.38. The molecule has 1 aromatic heterocycles. The number of hydrogen-bond acceptors (Lipinski definition) is 6. The van der Waals surface area contributed by atoms with Crippen molar-refractivity contribution in [1.82, 2.24) is 9.88 Å². The molecule has 2 N–H and O–H groups in total. The van der Waals surface area contributed by atoms with Crippen LogP contribution in [-0.2, 0) is 0 Å². The number of aromatic nitrogens is 1. The van der Waals surface area contributed by atoms with Crippen LogP contribution in [0.25, 0.3) is 0 Å². The molecule has 104 valence electrons. The van der Waals surface area contributed by atoms with E-state index in [0.717, 1.165) is 19.4 Å². The lowest BCUT2D eigenvalue weighted by Gasteiger charge is -2.18. The molecule has 1 atom stereocenters. The van der Waals surface area contributed by atoms with Crippen LogP contribution in [0.4, 0.5) is 11.5 Å². The molecule has 7 nitrogen and oxygen atoms in total. The predicted octanol–water partition coefficient (Wildman–Crippen LogP) is 1.44. The zero-order valence-electron chi connectivity index (χ0n) is 10.9. The van der Waals surface area contributed by atoms with Gasteiger partial charge in [0.25, 0.3) is 5.88 Å². The minimum absolute atomic E-state index is 0.00523. The van der Waals surface area contributed by atoms with Gasteiger partial charge in [0, 0.05) is 12.1 Å². The van der Waals surface area contributed by atoms with E-state index in [9.17, 15) is 10.1 Å². The first-order chi connectivity index (χ1) is 9.08. The Morgan fingerprint density at radius 2 is 2.42 bits per heavy atom. The van der Waals surface area contributed by atoms with Crippen molar-refractivity contribution in [1.29, 1.82) is 0 Å². The van der Waals surface area contributed by atoms with E-state index in [1.807, 2.05) is 0 Å². The molecule has 7 heteroatoms. The van der Waals surface area contributed by atoms with E-state index < -0.39 is 4.92 Å². The monoisotopic (exact) mass is 266 g/mol. The molecule has 0 radical (unpaired) electrons. The van der Waals surface area contributed by atoms with Gasteiger partial charge in [-0.05, 0) is 38.9 Å². The molecule has 0 aromatic carbocycles. The minimum Gasteiger partial charge on any atom is -0.473 e. The van der Waals surface area contributed by atoms with Crippen LogP contribution >= 0.6 is 0 Å². The first kappa shape index (κ1) is 13.5. The van der Waals surface area contributed by atoms with Gasteiger partial charge in [0.05, 0.1) is 11.5 Å². The highest BCUT2D eigenvalue weighted by atomic mass is 16.6. The van der Waals surface area contributed by atoms with Crippen molar-refractivity contribution >= 4 is 11.5 Å². The van der Waals surface area contributed by atoms with Gasteiger partial charge < -0.3 is 15.4 Å². The molecule has 0 aliphatic carbocycles. The Labute approximate surface area is 111 Å². The third kappa shape index (κ3) is 3.31. The van der Waals surface area contributed by atoms with Crippen molar-refractivity contribution < 1.29 is 9.66 Å². The van der Waals surface area contributed by atoms with Gasteiger partial charge in [-0.25, -0.2) is 0 Å². The number of nitrogens with two attached hydrogens (primary N) is 1. The smallest absolute Gasteiger partial charge is 0.331 e. The van der Waals surface area contributed by atoms with Crippen molar-refractivity contribution in [3.8, 4) is 5.88 Å². The Morgan fingerprint density at radius 3 is 3.05 bits per heavy atom. The molecule has 0 bridgehead atoms. The fraction of sp³-hybridized carbons (Fsp3) is 0.583. The zero-order chi connectivity index (χ0) is 13.8. The van der Waals surface area contributed by atoms with Crippen molar-refractivity contribution in [2.45, 2.75) is 25.3 Å². The first-order valence-electron chi connectivity index (χ1n) is 6.32. The van der Waals surface area contributed by atoms with Crippen molar-refractivity contribution in [3.05, 3.63) is 22.2 Å². The van der Waals surface area contributed by atoms with Crippen molar-refractivity contribution in [3.63, 3.8) is 0 Å². The van der Waals surface area contributed by atoms with Gasteiger partial charge in [0.15, 0.2) is 0 Å². The molecule has 0 spiro atoms. The van der Waals surface area contributed by atoms with Crippen LogP contribution in [0.2, 0.25) is 0 Å². The highest BCUT2D eigenvalue weighted by Crippen LogP contribution is 2.26. The third-order valence-corrected chi connectivity index (χ3v) is 3.42. The van der Waals surface area contributed by atoms with Gasteiger partial charge in [-0.1, -0.05) is 0 Å². The first-order valence-corrected chi connectivity index (χ1v) is 6.32. The molecule has 1 fully saturated rings. The Hall–Kier alpha value is -1.89. The number of pyridine rings is 1. The molecule has 2 rings (SSSR count). The average molecular weight is 266 g/mol. The van der Waals surface area contributed by atoms with E-state index in [4.69, 9.17) is 10.5 Å². The maximum Gasteiger partial charge on any atom is 0.331 e. The molecule has 0 saturated carbocycles. The largest absolute Gasteiger partial charge is 0.473 e. The molecule has 19 heavy (non-hydrogen) atoms. The van der Waals surface area contributed by atoms with Crippen molar-refractivity contribution in [2.24, 2.45) is 0 Å². The fourth-order valence-electron chi connectivity index (χ4n) is 2.33. The summed E-state index contributed by atoms with van der Waals surface area (Å²) in [6.45, 7) is 1.51. The molecule has 1 aromatic rings. The number of nitro groups is 1. The Morgan fingerprint density at radius 1 is 1.63 bits per heavy atom. The van der Waals surface area contributed by atoms with Crippen LogP contribution in [-0.4, -0.2) is 41.0 Å². The van der Waals surface area contributed by atoms with E-state index in [1.165, 1.54) is 18.6 Å². The van der Waals surface area contributed by atoms with E-state index in [-0.39, 0.29) is 17.4 Å². The van der Waals surface area contributed by atoms with E-state index in [1.54, 1.807) is 0 Å². The molecule has 1 aliphatic rings. The lowest BCUT2D eigenvalue weighted by atomic mass is 10.1. The fourth-order valence-corrected chi connectivity index (χ4v) is 2.33. The number of ether oxygens (including phenoxy) is 1. The second-order valence-electron chi connectivity index (χ2n) is 4.73. The predicted molar refractivity (Wildman–Crippen MR) is 71.1 cm³/mol. The van der Waals surface area contributed by atoms with E-state index in [0.29, 0.717) is 12.6 Å². The summed E-state index contributed by atoms with van der Waals surface area (Å²) in [7, 11) is 2.08. The number of rotatable bonds is 5. The standard InChI is InChI=1S/C12H18N4O3/c1-15-7-2-3-9(15)6-8-19-12-10(16(17)18)4-5-11(13)14-12/h4-5,9H,2-3,6-8H2,1H3,(H2,13,14). The second kappa shape index (κ2) is 5.83. The summed E-state index contributed by atoms with van der Waals surface area (Å²) in [5, 5.41) is 10.8. The minimum atomic E-state index is -0.510. The van der Waals surface area contributed by atoms with Gasteiger partial charge in [-0.15, -0.1) is 0 Å². The van der Waals surface area contributed by atoms with Gasteiger partial charge in [-0.3, -0.25) is 10.1 Å². The Kier molecular flexibility index (Phi) is 4.16. The number of hydrogen-bond donors (Lipinski definition) is 1. The highest BCUT2D eigenvalue weighted by molar-refractivity contribution is 5.46. The topological polar surface area (TPSA) is 94.5 Å². The Bertz CT molecular complexity index is 466. The van der Waals surface area contributed by atoms with Crippen LogP contribution in [0.5, 0.6) is 5.88 Å². The van der Waals surface area contributed by atoms with E-state index >= 15 is 0 Å². The number of nitrogens with zero attached hydrogens (tertiary/aromatic N) is 3. The average Bonchev–Trinajstić information content (AvgIpc) is 2.75. The van der Waals surface area contributed by atoms with Crippen LogP contribution in [0.15, 0.2) is 12.1 Å². The van der Waals surface area contributed by atoms with Crippen LogP contribution in [0.3, 0.4) is 0 Å². The Balaban J connectivity index is 1.95. The van der Waals surface area contributed by atoms with Gasteiger partial charge in [0.1, 0.15) is 5.82 Å². The summed E-state index contributed by atoms with van der Waals surface area (Å²) in [6, 6.07) is 3.20. The van der Waals surface area contributed by atoms with Crippen LogP contribution in [0.1, 0.15) is 19.3 Å². The SMILES string of the molecule is CN1CCCC1CCOc1nc(N)ccc1[N+](=O)[O-]. The summed E-state index contributed by atoms with van der Waals surface area (Å²) in [5.74, 6) is 0.226. The number of anilines is 1. The maximum atomic E-state index is 10.8. The lowest BCUT2D eigenvalue weighted by molar-refractivity contribution is -0.386. The molecule has 2 heterocycles. The quantitative estimate of drug-likeness (QED) is 0.640. The molecule has 0 amide bonds. The van der Waals surface area contributed by atoms with Gasteiger partial charge in [-0.2, -0.15) is 4.98 Å². The zero-order valence-corrected chi connectivity index (χ0v) is 10.9. The second-order valence-corrected chi connectivity index (χ2v) is 4.73. The van der Waals surface area contributed by atoms with Crippen LogP contribution < -0.4 is 10.5 Å². The summed E-state index contributed by atoms with van der Waals surface area (Å²) >= 11 is 0. The lowest BCUT2D eigenvalue weighted by Crippen LogP contribution is -2.26. The summed E-state index contributed by atoms with van der Waals surface area (Å²) in [4.78, 5) is 16.5. The van der Waals surface area contributed by atoms with Gasteiger partial charge >= 0.3 is 5.69 Å². The molecule has 1 saturated heterocycles. The number of likely N-dealkylation sites (tertiary alicyclic amines) is 1. The summed E-state index contributed by atoms with van der Waals surface area (Å²) < 4.78 is 5.43. The third-order valence-electron chi connectivity index (χ3n) is 3.42. The van der Waals surface area contributed by atoms with Gasteiger partial charge in [0.2, 0.25) is 0 Å². The van der Waals surface area contributed by atoms with Crippen molar-refractivity contribution in [2.75, 3.05) is 25.9 Å². The number of nitrogen functional groups attached to an aromatic ring is 1. The summed E-state index contributed by atoms with van der Waals surface area (Å²) in [6.07, 6.45) is 3.17. The molecule has 1 aliphatic heterocycles. The maximum absolute atomic E-state index is 10.8. The highest BCUT2D eigenvalue weighted by Gasteiger charge is 2.22. The molecular weight excluding hydrogens is 248 g/mol. The molecular formula is C12H18N4O3.